The van der Waals surface area contributed by atoms with Crippen LogP contribution in [0.15, 0.2) is 18.5 Å². The van der Waals surface area contributed by atoms with Gasteiger partial charge in [-0.3, -0.25) is 9.78 Å². The summed E-state index contributed by atoms with van der Waals surface area (Å²) in [4.78, 5) is 14.2. The van der Waals surface area contributed by atoms with E-state index in [-0.39, 0.29) is 12.2 Å². The molecule has 1 aromatic rings. The first kappa shape index (κ1) is 10.5. The second-order valence-corrected chi connectivity index (χ2v) is 3.38. The van der Waals surface area contributed by atoms with Gasteiger partial charge in [0.05, 0.1) is 18.2 Å². The molecule has 1 aromatic heterocycles. The molecule has 5 nitrogen and oxygen atoms in total. The average molecular weight is 196 g/mol. The van der Waals surface area contributed by atoms with Gasteiger partial charge in [0.2, 0.25) is 0 Å². The highest BCUT2D eigenvalue weighted by Crippen LogP contribution is 2.28. The summed E-state index contributed by atoms with van der Waals surface area (Å²) in [6, 6.07) is 1.51. The van der Waals surface area contributed by atoms with Gasteiger partial charge in [-0.05, 0) is 13.0 Å². The van der Waals surface area contributed by atoms with Crippen molar-refractivity contribution in [3.63, 3.8) is 0 Å². The standard InChI is InChI=1S/C9H12N2O3/c1-9(10,4-8(13)14)6-2-3-11-5-7(6)12/h2-3,5,12H,4,10H2,1H3,(H,13,14)/t9-/m1/s1. The van der Waals surface area contributed by atoms with Gasteiger partial charge in [-0.25, -0.2) is 0 Å². The Balaban J connectivity index is 3.03. The normalized spacial score (nSPS) is 14.7. The van der Waals surface area contributed by atoms with Crippen molar-refractivity contribution in [3.8, 4) is 5.75 Å². The van der Waals surface area contributed by atoms with Crippen molar-refractivity contribution in [2.45, 2.75) is 18.9 Å². The van der Waals surface area contributed by atoms with Crippen molar-refractivity contribution in [3.05, 3.63) is 24.0 Å². The number of aromatic nitrogens is 1. The molecule has 0 spiro atoms. The van der Waals surface area contributed by atoms with E-state index in [9.17, 15) is 9.90 Å². The van der Waals surface area contributed by atoms with Crippen molar-refractivity contribution < 1.29 is 15.0 Å². The zero-order valence-electron chi connectivity index (χ0n) is 7.77. The number of carbonyl (C=O) groups is 1. The smallest absolute Gasteiger partial charge is 0.305 e. The molecule has 0 amide bonds. The van der Waals surface area contributed by atoms with E-state index in [0.29, 0.717) is 5.56 Å². The van der Waals surface area contributed by atoms with E-state index in [0.717, 1.165) is 0 Å². The molecule has 14 heavy (non-hydrogen) atoms. The molecular formula is C9H12N2O3. The fraction of sp³-hybridized carbons (Fsp3) is 0.333. The third-order valence-electron chi connectivity index (χ3n) is 1.93. The molecular weight excluding hydrogens is 184 g/mol. The molecule has 1 heterocycles. The highest BCUT2D eigenvalue weighted by molar-refractivity contribution is 5.69. The molecule has 0 radical (unpaired) electrons. The summed E-state index contributed by atoms with van der Waals surface area (Å²) in [5.74, 6) is -1.09. The summed E-state index contributed by atoms with van der Waals surface area (Å²) in [6.07, 6.45) is 2.45. The fourth-order valence-electron chi connectivity index (χ4n) is 1.28. The van der Waals surface area contributed by atoms with Crippen LogP contribution in [0.25, 0.3) is 0 Å². The van der Waals surface area contributed by atoms with Gasteiger partial charge < -0.3 is 15.9 Å². The van der Waals surface area contributed by atoms with Crippen LogP contribution in [0.2, 0.25) is 0 Å². The van der Waals surface area contributed by atoms with Gasteiger partial charge in [-0.15, -0.1) is 0 Å². The maximum Gasteiger partial charge on any atom is 0.305 e. The van der Waals surface area contributed by atoms with E-state index in [4.69, 9.17) is 10.8 Å². The molecule has 0 aliphatic carbocycles. The number of carboxylic acids is 1. The van der Waals surface area contributed by atoms with Crippen molar-refractivity contribution >= 4 is 5.97 Å². The Hall–Kier alpha value is -1.62. The van der Waals surface area contributed by atoms with E-state index in [1.165, 1.54) is 18.5 Å². The Kier molecular flexibility index (Phi) is 2.71. The van der Waals surface area contributed by atoms with Gasteiger partial charge in [0, 0.05) is 11.8 Å². The number of aromatic hydroxyl groups is 1. The predicted octanol–water partition coefficient (Wildman–Crippen LogP) is 0.436. The van der Waals surface area contributed by atoms with Crippen LogP contribution in [-0.2, 0) is 10.3 Å². The van der Waals surface area contributed by atoms with Crippen molar-refractivity contribution in [1.29, 1.82) is 0 Å². The lowest BCUT2D eigenvalue weighted by atomic mass is 9.90. The van der Waals surface area contributed by atoms with Gasteiger partial charge in [-0.1, -0.05) is 0 Å². The quantitative estimate of drug-likeness (QED) is 0.651. The summed E-state index contributed by atoms with van der Waals surface area (Å²) in [5, 5.41) is 18.0. The molecule has 0 aliphatic rings. The fourth-order valence-corrected chi connectivity index (χ4v) is 1.28. The molecule has 4 N–H and O–H groups in total. The molecule has 0 aromatic carbocycles. The summed E-state index contributed by atoms with van der Waals surface area (Å²) < 4.78 is 0. The van der Waals surface area contributed by atoms with E-state index in [2.05, 4.69) is 4.98 Å². The predicted molar refractivity (Wildman–Crippen MR) is 49.7 cm³/mol. The molecule has 0 bridgehead atoms. The van der Waals surface area contributed by atoms with Crippen LogP contribution in [0.5, 0.6) is 5.75 Å². The van der Waals surface area contributed by atoms with Gasteiger partial charge in [0.25, 0.3) is 0 Å². The Bertz CT molecular complexity index is 350. The van der Waals surface area contributed by atoms with Gasteiger partial charge in [0.15, 0.2) is 0 Å². The lowest BCUT2D eigenvalue weighted by Crippen LogP contribution is -2.35. The lowest BCUT2D eigenvalue weighted by molar-refractivity contribution is -0.138. The summed E-state index contributed by atoms with van der Waals surface area (Å²) in [7, 11) is 0. The maximum absolute atomic E-state index is 10.5. The van der Waals surface area contributed by atoms with E-state index < -0.39 is 11.5 Å². The molecule has 0 fully saturated rings. The molecule has 1 atom stereocenters. The number of hydrogen-bond donors (Lipinski definition) is 3. The van der Waals surface area contributed by atoms with Crippen molar-refractivity contribution in [1.82, 2.24) is 4.98 Å². The number of nitrogens with zero attached hydrogens (tertiary/aromatic N) is 1. The highest BCUT2D eigenvalue weighted by atomic mass is 16.4. The monoisotopic (exact) mass is 196 g/mol. The minimum absolute atomic E-state index is 0.0845. The zero-order chi connectivity index (χ0) is 10.8. The lowest BCUT2D eigenvalue weighted by Gasteiger charge is -2.23. The second kappa shape index (κ2) is 3.63. The van der Waals surface area contributed by atoms with E-state index in [1.807, 2.05) is 0 Å². The number of rotatable bonds is 3. The van der Waals surface area contributed by atoms with Gasteiger partial charge in [-0.2, -0.15) is 0 Å². The Morgan fingerprint density at radius 3 is 2.86 bits per heavy atom. The first-order valence-corrected chi connectivity index (χ1v) is 4.07. The van der Waals surface area contributed by atoms with Crippen LogP contribution >= 0.6 is 0 Å². The first-order chi connectivity index (χ1) is 6.43. The number of hydrogen-bond acceptors (Lipinski definition) is 4. The van der Waals surface area contributed by atoms with Crippen molar-refractivity contribution in [2.75, 3.05) is 0 Å². The Morgan fingerprint density at radius 2 is 2.36 bits per heavy atom. The summed E-state index contributed by atoms with van der Waals surface area (Å²) in [6.45, 7) is 1.55. The largest absolute Gasteiger partial charge is 0.506 e. The minimum Gasteiger partial charge on any atom is -0.506 e. The van der Waals surface area contributed by atoms with Crippen LogP contribution in [-0.4, -0.2) is 21.2 Å². The third-order valence-corrected chi connectivity index (χ3v) is 1.93. The van der Waals surface area contributed by atoms with E-state index >= 15 is 0 Å². The first-order valence-electron chi connectivity index (χ1n) is 4.07. The van der Waals surface area contributed by atoms with Crippen LogP contribution in [0.3, 0.4) is 0 Å². The van der Waals surface area contributed by atoms with E-state index in [1.54, 1.807) is 6.92 Å². The number of nitrogens with two attached hydrogens (primary N) is 1. The van der Waals surface area contributed by atoms with Crippen LogP contribution < -0.4 is 5.73 Å². The Morgan fingerprint density at radius 1 is 1.71 bits per heavy atom. The summed E-state index contributed by atoms with van der Waals surface area (Å²) in [5.41, 5.74) is 5.07. The van der Waals surface area contributed by atoms with Gasteiger partial charge >= 0.3 is 5.97 Å². The van der Waals surface area contributed by atoms with Gasteiger partial charge in [0.1, 0.15) is 5.75 Å². The van der Waals surface area contributed by atoms with Crippen LogP contribution in [0.1, 0.15) is 18.9 Å². The molecule has 76 valence electrons. The van der Waals surface area contributed by atoms with Crippen molar-refractivity contribution in [2.24, 2.45) is 5.73 Å². The summed E-state index contributed by atoms with van der Waals surface area (Å²) >= 11 is 0. The maximum atomic E-state index is 10.5. The molecule has 0 unspecified atom stereocenters. The number of carboxylic acid groups (broad SMARTS) is 1. The third kappa shape index (κ3) is 2.20. The van der Waals surface area contributed by atoms with Crippen LogP contribution in [0.4, 0.5) is 0 Å². The number of pyridine rings is 1. The van der Waals surface area contributed by atoms with Crippen LogP contribution in [0, 0.1) is 0 Å². The topological polar surface area (TPSA) is 96.4 Å². The molecule has 0 aliphatic heterocycles. The molecule has 5 heteroatoms. The second-order valence-electron chi connectivity index (χ2n) is 3.38. The molecule has 1 rings (SSSR count). The SMILES string of the molecule is C[C@@](N)(CC(=O)O)c1ccncc1O. The Labute approximate surface area is 81.2 Å². The highest BCUT2D eigenvalue weighted by Gasteiger charge is 2.27. The number of aliphatic carboxylic acids is 1. The average Bonchev–Trinajstić information content (AvgIpc) is 2.02. The zero-order valence-corrected chi connectivity index (χ0v) is 7.77. The minimum atomic E-state index is -1.08. The molecule has 0 saturated carbocycles. The molecule has 0 saturated heterocycles.